The highest BCUT2D eigenvalue weighted by atomic mass is 32.2. The Morgan fingerprint density at radius 1 is 1.13 bits per heavy atom. The van der Waals surface area contributed by atoms with Gasteiger partial charge in [0.05, 0.1) is 12.0 Å². The molecule has 0 saturated heterocycles. The molecule has 0 unspecified atom stereocenters. The summed E-state index contributed by atoms with van der Waals surface area (Å²) in [6, 6.07) is 8.70. The van der Waals surface area contributed by atoms with Gasteiger partial charge in [-0.15, -0.1) is 11.8 Å². The first-order valence-electron chi connectivity index (χ1n) is 9.62. The molecule has 2 aromatic rings. The predicted octanol–water partition coefficient (Wildman–Crippen LogP) is 3.45. The van der Waals surface area contributed by atoms with E-state index < -0.39 is 23.6 Å². The number of hydrogen-bond donors (Lipinski definition) is 2. The third-order valence-electron chi connectivity index (χ3n) is 4.41. The fraction of sp³-hybridized carbons (Fsp3) is 0.286. The van der Waals surface area contributed by atoms with Crippen LogP contribution < -0.4 is 10.6 Å². The molecule has 162 valence electrons. The highest BCUT2D eigenvalue weighted by Gasteiger charge is 2.36. The first-order valence-corrected chi connectivity index (χ1v) is 10.6. The summed E-state index contributed by atoms with van der Waals surface area (Å²) in [6.07, 6.45) is 3.13. The van der Waals surface area contributed by atoms with E-state index in [9.17, 15) is 19.2 Å². The molecular weight excluding hydrogens is 422 g/mol. The van der Waals surface area contributed by atoms with Crippen molar-refractivity contribution in [1.29, 1.82) is 0 Å². The normalized spacial score (nSPS) is 12.7. The van der Waals surface area contributed by atoms with Crippen molar-refractivity contribution in [3.8, 4) is 0 Å². The van der Waals surface area contributed by atoms with Crippen LogP contribution in [-0.2, 0) is 4.74 Å². The topological polar surface area (TPSA) is 128 Å². The van der Waals surface area contributed by atoms with E-state index in [1.807, 2.05) is 0 Å². The van der Waals surface area contributed by atoms with Crippen LogP contribution in [0.15, 0.2) is 45.8 Å². The monoisotopic (exact) mass is 443 g/mol. The minimum absolute atomic E-state index is 0.106. The maximum absolute atomic E-state index is 12.9. The van der Waals surface area contributed by atoms with E-state index in [-0.39, 0.29) is 21.9 Å². The first kappa shape index (κ1) is 22.3. The summed E-state index contributed by atoms with van der Waals surface area (Å²) in [5, 5.41) is 8.90. The zero-order valence-corrected chi connectivity index (χ0v) is 17.6. The van der Waals surface area contributed by atoms with Crippen LogP contribution in [0.25, 0.3) is 0 Å². The Bertz CT molecular complexity index is 1020. The van der Waals surface area contributed by atoms with E-state index in [1.165, 1.54) is 24.9 Å². The molecule has 1 aliphatic carbocycles. The van der Waals surface area contributed by atoms with Crippen LogP contribution in [0.5, 0.6) is 0 Å². The van der Waals surface area contributed by atoms with Crippen molar-refractivity contribution in [1.82, 2.24) is 10.5 Å². The number of alkyl carbamates (subject to hydrolysis) is 1. The lowest BCUT2D eigenvalue weighted by Crippen LogP contribution is -2.23. The molecular formula is C21H21N3O6S. The Balaban J connectivity index is 1.57. The number of hydrogen-bond acceptors (Lipinski definition) is 8. The number of ketones is 2. The van der Waals surface area contributed by atoms with Crippen LogP contribution in [0, 0.1) is 0 Å². The zero-order valence-electron chi connectivity index (χ0n) is 16.8. The predicted molar refractivity (Wildman–Crippen MR) is 114 cm³/mol. The Hall–Kier alpha value is -3.40. The van der Waals surface area contributed by atoms with Gasteiger partial charge in [0.25, 0.3) is 5.91 Å². The van der Waals surface area contributed by atoms with Gasteiger partial charge in [-0.3, -0.25) is 14.4 Å². The lowest BCUT2D eigenvalue weighted by molar-refractivity contribution is 0.0967. The number of allylic oxidation sites excluding steroid dienone is 2. The number of fused-ring (bicyclic) bond motifs is 1. The van der Waals surface area contributed by atoms with Crippen molar-refractivity contribution in [3.63, 3.8) is 0 Å². The van der Waals surface area contributed by atoms with Crippen LogP contribution in [0.2, 0.25) is 0 Å². The molecule has 2 N–H and O–H groups in total. The molecule has 1 aliphatic rings. The fourth-order valence-corrected chi connectivity index (χ4v) is 3.86. The van der Waals surface area contributed by atoms with Gasteiger partial charge in [0, 0.05) is 18.3 Å². The number of rotatable bonds is 9. The average Bonchev–Trinajstić information content (AvgIpc) is 3.23. The average molecular weight is 443 g/mol. The third kappa shape index (κ3) is 5.60. The van der Waals surface area contributed by atoms with E-state index in [0.29, 0.717) is 18.0 Å². The van der Waals surface area contributed by atoms with E-state index in [2.05, 4.69) is 20.5 Å². The number of anilines is 1. The second kappa shape index (κ2) is 10.6. The van der Waals surface area contributed by atoms with Gasteiger partial charge < -0.3 is 19.9 Å². The van der Waals surface area contributed by atoms with Gasteiger partial charge in [-0.25, -0.2) is 4.79 Å². The van der Waals surface area contributed by atoms with Crippen LogP contribution in [0.3, 0.4) is 0 Å². The standard InChI is InChI=1S/C21H21N3O6S/c1-29-21(28)22-10-6-3-7-11-31-15-12-14(25)19-16(18(15)26)17(24-30-19)20(27)23-13-8-4-2-5-9-13/h2,4-5,8-9,12H,3,6-7,10-11H2,1H3,(H,22,28)(H,23,27). The number of methoxy groups -OCH3 is 1. The molecule has 10 heteroatoms. The molecule has 1 aromatic carbocycles. The highest BCUT2D eigenvalue weighted by Crippen LogP contribution is 2.31. The van der Waals surface area contributed by atoms with E-state index >= 15 is 0 Å². The smallest absolute Gasteiger partial charge is 0.406 e. The maximum Gasteiger partial charge on any atom is 0.406 e. The zero-order chi connectivity index (χ0) is 22.2. The molecule has 0 saturated carbocycles. The van der Waals surface area contributed by atoms with Crippen LogP contribution in [0.1, 0.15) is 50.7 Å². The summed E-state index contributed by atoms with van der Waals surface area (Å²) < 4.78 is 9.48. The number of benzene rings is 1. The summed E-state index contributed by atoms with van der Waals surface area (Å²) in [5.74, 6) is -1.19. The molecule has 1 aromatic heterocycles. The van der Waals surface area contributed by atoms with Gasteiger partial charge in [0.15, 0.2) is 5.69 Å². The molecule has 0 spiro atoms. The van der Waals surface area contributed by atoms with Crippen molar-refractivity contribution < 1.29 is 28.4 Å². The SMILES string of the molecule is COC(=O)NCCCCCSC1=CC(=O)c2onc(C(=O)Nc3ccccc3)c2C1=O. The number of para-hydroxylation sites is 1. The number of nitrogens with zero attached hydrogens (tertiary/aromatic N) is 1. The van der Waals surface area contributed by atoms with Gasteiger partial charge in [-0.05, 0) is 30.7 Å². The van der Waals surface area contributed by atoms with Crippen molar-refractivity contribution in [2.24, 2.45) is 0 Å². The lowest BCUT2D eigenvalue weighted by Gasteiger charge is -2.11. The van der Waals surface area contributed by atoms with Gasteiger partial charge in [-0.2, -0.15) is 0 Å². The first-order chi connectivity index (χ1) is 15.0. The van der Waals surface area contributed by atoms with Crippen molar-refractivity contribution >= 4 is 41.0 Å². The van der Waals surface area contributed by atoms with E-state index in [4.69, 9.17) is 4.52 Å². The summed E-state index contributed by atoms with van der Waals surface area (Å²) >= 11 is 1.25. The minimum Gasteiger partial charge on any atom is -0.453 e. The number of thioether (sulfide) groups is 1. The van der Waals surface area contributed by atoms with Crippen molar-refractivity contribution in [3.05, 3.63) is 58.3 Å². The Morgan fingerprint density at radius 2 is 1.90 bits per heavy atom. The molecule has 0 radical (unpaired) electrons. The number of Topliss-reactive ketones (excluding diaryl/α,β-unsaturated/α-hetero) is 1. The molecule has 3 rings (SSSR count). The molecule has 0 bridgehead atoms. The lowest BCUT2D eigenvalue weighted by atomic mass is 9.99. The Labute approximate surface area is 182 Å². The van der Waals surface area contributed by atoms with Crippen LogP contribution in [-0.4, -0.2) is 48.1 Å². The molecule has 9 nitrogen and oxygen atoms in total. The van der Waals surface area contributed by atoms with Gasteiger partial charge in [-0.1, -0.05) is 29.8 Å². The molecule has 0 atom stereocenters. The molecule has 0 fully saturated rings. The highest BCUT2D eigenvalue weighted by molar-refractivity contribution is 8.04. The van der Waals surface area contributed by atoms with Crippen LogP contribution in [0.4, 0.5) is 10.5 Å². The quantitative estimate of drug-likeness (QED) is 0.564. The number of nitrogens with one attached hydrogen (secondary N) is 2. The molecule has 31 heavy (non-hydrogen) atoms. The third-order valence-corrected chi connectivity index (χ3v) is 5.52. The molecule has 0 aliphatic heterocycles. The van der Waals surface area contributed by atoms with Crippen molar-refractivity contribution in [2.45, 2.75) is 19.3 Å². The number of carbonyl (C=O) groups is 4. The number of aromatic nitrogens is 1. The number of carbonyl (C=O) groups excluding carboxylic acids is 4. The summed E-state index contributed by atoms with van der Waals surface area (Å²) in [6.45, 7) is 0.501. The molecule has 1 heterocycles. The van der Waals surface area contributed by atoms with E-state index in [0.717, 1.165) is 19.3 Å². The summed E-state index contributed by atoms with van der Waals surface area (Å²) in [7, 11) is 1.31. The minimum atomic E-state index is -0.623. The largest absolute Gasteiger partial charge is 0.453 e. The van der Waals surface area contributed by atoms with E-state index in [1.54, 1.807) is 30.3 Å². The van der Waals surface area contributed by atoms with Gasteiger partial charge in [0.2, 0.25) is 17.3 Å². The summed E-state index contributed by atoms with van der Waals surface area (Å²) in [5.41, 5.74) is 0.216. The maximum atomic E-state index is 12.9. The second-order valence-electron chi connectivity index (χ2n) is 6.58. The number of unbranched alkanes of at least 4 members (excludes halogenated alkanes) is 2. The second-order valence-corrected chi connectivity index (χ2v) is 7.72. The Kier molecular flexibility index (Phi) is 7.60. The number of ether oxygens (including phenoxy) is 1. The molecule has 2 amide bonds. The number of amides is 2. The Morgan fingerprint density at radius 3 is 2.65 bits per heavy atom. The summed E-state index contributed by atoms with van der Waals surface area (Å²) in [4.78, 5) is 49.0. The fourth-order valence-electron chi connectivity index (χ4n) is 2.86. The van der Waals surface area contributed by atoms with Crippen molar-refractivity contribution in [2.75, 3.05) is 24.7 Å². The van der Waals surface area contributed by atoms with Gasteiger partial charge >= 0.3 is 6.09 Å². The van der Waals surface area contributed by atoms with Crippen LogP contribution >= 0.6 is 11.8 Å². The van der Waals surface area contributed by atoms with Gasteiger partial charge in [0.1, 0.15) is 5.56 Å².